The van der Waals surface area contributed by atoms with Crippen LogP contribution in [0.15, 0.2) is 51.8 Å². The Bertz CT molecular complexity index is 634. The van der Waals surface area contributed by atoms with E-state index in [0.29, 0.717) is 22.1 Å². The lowest BCUT2D eigenvalue weighted by Crippen LogP contribution is -2.05. The molecule has 0 heterocycles. The first-order valence-electron chi connectivity index (χ1n) is 5.80. The van der Waals surface area contributed by atoms with Crippen molar-refractivity contribution in [2.75, 3.05) is 18.9 Å². The van der Waals surface area contributed by atoms with Crippen LogP contribution in [0.4, 0.5) is 5.69 Å². The molecule has 0 radical (unpaired) electrons. The summed E-state index contributed by atoms with van der Waals surface area (Å²) >= 11 is 3.41. The summed E-state index contributed by atoms with van der Waals surface area (Å²) in [4.78, 5) is 0.638. The molecule has 2 aromatic rings. The third-order valence-electron chi connectivity index (χ3n) is 2.63. The van der Waals surface area contributed by atoms with Crippen molar-refractivity contribution in [1.82, 2.24) is 0 Å². The Morgan fingerprint density at radius 1 is 1.05 bits per heavy atom. The number of halogens is 1. The molecular weight excluding hydrogens is 342 g/mol. The second-order valence-corrected chi connectivity index (χ2v) is 5.96. The van der Waals surface area contributed by atoms with Gasteiger partial charge >= 0.3 is 0 Å². The van der Waals surface area contributed by atoms with E-state index in [1.165, 1.54) is 0 Å². The standard InChI is InChI=1S/C14H14BrNO3S/c1-18-10-4-3-5-12(8-10)20(17)16-14-9-11(19-2)6-7-13(14)15/h3-9,16H,1-2H3. The summed E-state index contributed by atoms with van der Waals surface area (Å²) in [6.45, 7) is 0. The van der Waals surface area contributed by atoms with E-state index in [4.69, 9.17) is 9.47 Å². The van der Waals surface area contributed by atoms with Gasteiger partial charge in [-0.15, -0.1) is 0 Å². The van der Waals surface area contributed by atoms with Gasteiger partial charge in [0.15, 0.2) is 0 Å². The fourth-order valence-corrected chi connectivity index (χ4v) is 2.97. The van der Waals surface area contributed by atoms with Gasteiger partial charge in [0.2, 0.25) is 0 Å². The highest BCUT2D eigenvalue weighted by atomic mass is 79.9. The summed E-state index contributed by atoms with van der Waals surface area (Å²) in [6, 6.07) is 12.6. The van der Waals surface area contributed by atoms with E-state index in [9.17, 15) is 4.21 Å². The average molecular weight is 356 g/mol. The Hall–Kier alpha value is -1.53. The predicted octanol–water partition coefficient (Wildman–Crippen LogP) is 3.60. The van der Waals surface area contributed by atoms with Gasteiger partial charge in [0.25, 0.3) is 0 Å². The quantitative estimate of drug-likeness (QED) is 0.891. The monoisotopic (exact) mass is 355 g/mol. The number of methoxy groups -OCH3 is 2. The van der Waals surface area contributed by atoms with Crippen LogP contribution in [0.25, 0.3) is 0 Å². The average Bonchev–Trinajstić information content (AvgIpc) is 2.49. The lowest BCUT2D eigenvalue weighted by molar-refractivity contribution is 0.413. The largest absolute Gasteiger partial charge is 0.497 e. The van der Waals surface area contributed by atoms with Gasteiger partial charge in [-0.05, 0) is 46.3 Å². The second kappa shape index (κ2) is 6.76. The van der Waals surface area contributed by atoms with Crippen LogP contribution in [-0.2, 0) is 11.0 Å². The van der Waals surface area contributed by atoms with Gasteiger partial charge in [-0.1, -0.05) is 6.07 Å². The maximum Gasteiger partial charge on any atom is 0.150 e. The molecule has 0 aromatic heterocycles. The minimum absolute atomic E-state index is 0.638. The summed E-state index contributed by atoms with van der Waals surface area (Å²) in [5.74, 6) is 1.36. The number of rotatable bonds is 5. The molecule has 6 heteroatoms. The smallest absolute Gasteiger partial charge is 0.150 e. The summed E-state index contributed by atoms with van der Waals surface area (Å²) in [5, 5.41) is 0. The van der Waals surface area contributed by atoms with Crippen molar-refractivity contribution in [2.24, 2.45) is 0 Å². The first-order chi connectivity index (χ1) is 9.63. The lowest BCUT2D eigenvalue weighted by Gasteiger charge is -2.10. The first kappa shape index (κ1) is 14.9. The summed E-state index contributed by atoms with van der Waals surface area (Å²) < 4.78 is 26.4. The van der Waals surface area contributed by atoms with Crippen molar-refractivity contribution < 1.29 is 13.7 Å². The van der Waals surface area contributed by atoms with Crippen molar-refractivity contribution in [2.45, 2.75) is 4.90 Å². The van der Waals surface area contributed by atoms with E-state index < -0.39 is 11.0 Å². The Labute approximate surface area is 128 Å². The van der Waals surface area contributed by atoms with Crippen LogP contribution in [0.5, 0.6) is 11.5 Å². The third kappa shape index (κ3) is 3.52. The molecule has 20 heavy (non-hydrogen) atoms. The van der Waals surface area contributed by atoms with Crippen LogP contribution in [0.2, 0.25) is 0 Å². The number of hydrogen-bond acceptors (Lipinski definition) is 3. The predicted molar refractivity (Wildman–Crippen MR) is 83.7 cm³/mol. The van der Waals surface area contributed by atoms with E-state index in [2.05, 4.69) is 20.7 Å². The van der Waals surface area contributed by atoms with Gasteiger partial charge in [-0.3, -0.25) is 4.72 Å². The molecule has 0 amide bonds. The van der Waals surface area contributed by atoms with Gasteiger partial charge in [-0.25, -0.2) is 4.21 Å². The SMILES string of the molecule is COc1cccc(S(=O)Nc2cc(OC)ccc2Br)c1. The summed E-state index contributed by atoms with van der Waals surface area (Å²) in [7, 11) is 1.78. The minimum atomic E-state index is -1.38. The van der Waals surface area contributed by atoms with Crippen molar-refractivity contribution in [3.8, 4) is 11.5 Å². The number of benzene rings is 2. The zero-order chi connectivity index (χ0) is 14.5. The van der Waals surface area contributed by atoms with Gasteiger partial charge in [-0.2, -0.15) is 0 Å². The van der Waals surface area contributed by atoms with Crippen LogP contribution in [0.1, 0.15) is 0 Å². The van der Waals surface area contributed by atoms with Crippen LogP contribution in [0, 0.1) is 0 Å². The molecule has 0 spiro atoms. The molecule has 2 rings (SSSR count). The fourth-order valence-electron chi connectivity index (χ4n) is 1.58. The maximum absolute atomic E-state index is 12.3. The van der Waals surface area contributed by atoms with E-state index in [1.807, 2.05) is 18.2 Å². The van der Waals surface area contributed by atoms with Crippen molar-refractivity contribution in [3.05, 3.63) is 46.9 Å². The molecule has 1 unspecified atom stereocenters. The van der Waals surface area contributed by atoms with Gasteiger partial charge in [0.1, 0.15) is 22.5 Å². The van der Waals surface area contributed by atoms with E-state index >= 15 is 0 Å². The molecule has 1 atom stereocenters. The molecule has 0 fully saturated rings. The Balaban J connectivity index is 2.22. The molecule has 1 N–H and O–H groups in total. The molecule has 106 valence electrons. The highest BCUT2D eigenvalue weighted by molar-refractivity contribution is 9.10. The lowest BCUT2D eigenvalue weighted by atomic mass is 10.3. The zero-order valence-electron chi connectivity index (χ0n) is 11.1. The van der Waals surface area contributed by atoms with Crippen LogP contribution >= 0.6 is 15.9 Å². The van der Waals surface area contributed by atoms with Gasteiger partial charge in [0, 0.05) is 10.5 Å². The minimum Gasteiger partial charge on any atom is -0.497 e. The number of hydrogen-bond donors (Lipinski definition) is 1. The third-order valence-corrected chi connectivity index (χ3v) is 4.41. The van der Waals surface area contributed by atoms with Crippen LogP contribution < -0.4 is 14.2 Å². The first-order valence-corrected chi connectivity index (χ1v) is 7.74. The fraction of sp³-hybridized carbons (Fsp3) is 0.143. The Morgan fingerprint density at radius 3 is 2.45 bits per heavy atom. The highest BCUT2D eigenvalue weighted by Crippen LogP contribution is 2.28. The number of nitrogens with one attached hydrogen (secondary N) is 1. The molecule has 0 saturated heterocycles. The molecule has 0 aliphatic rings. The van der Waals surface area contributed by atoms with Crippen molar-refractivity contribution >= 4 is 32.6 Å². The topological polar surface area (TPSA) is 47.6 Å². The molecule has 4 nitrogen and oxygen atoms in total. The molecule has 0 aliphatic carbocycles. The second-order valence-electron chi connectivity index (χ2n) is 3.90. The molecule has 0 aliphatic heterocycles. The summed E-state index contributed by atoms with van der Waals surface area (Å²) in [5.41, 5.74) is 0.700. The van der Waals surface area contributed by atoms with E-state index in [-0.39, 0.29) is 0 Å². The van der Waals surface area contributed by atoms with Gasteiger partial charge in [0.05, 0.1) is 24.8 Å². The zero-order valence-corrected chi connectivity index (χ0v) is 13.5. The Morgan fingerprint density at radius 2 is 1.75 bits per heavy atom. The molecule has 0 saturated carbocycles. The summed E-state index contributed by atoms with van der Waals surface area (Å²) in [6.07, 6.45) is 0. The number of ether oxygens (including phenoxy) is 2. The maximum atomic E-state index is 12.3. The normalized spacial score (nSPS) is 11.8. The van der Waals surface area contributed by atoms with Crippen LogP contribution in [-0.4, -0.2) is 18.4 Å². The highest BCUT2D eigenvalue weighted by Gasteiger charge is 2.08. The van der Waals surface area contributed by atoms with Gasteiger partial charge < -0.3 is 9.47 Å². The van der Waals surface area contributed by atoms with E-state index in [0.717, 1.165) is 4.47 Å². The number of anilines is 1. The van der Waals surface area contributed by atoms with E-state index in [1.54, 1.807) is 38.5 Å². The molecular formula is C14H14BrNO3S. The molecule has 2 aromatic carbocycles. The van der Waals surface area contributed by atoms with Crippen molar-refractivity contribution in [1.29, 1.82) is 0 Å². The molecule has 0 bridgehead atoms. The van der Waals surface area contributed by atoms with Crippen LogP contribution in [0.3, 0.4) is 0 Å². The Kier molecular flexibility index (Phi) is 5.03. The van der Waals surface area contributed by atoms with Crippen molar-refractivity contribution in [3.63, 3.8) is 0 Å².